The second kappa shape index (κ2) is 7.82. The van der Waals surface area contributed by atoms with Crippen LogP contribution in [0, 0.1) is 5.92 Å². The molecule has 1 atom stereocenters. The van der Waals surface area contributed by atoms with Crippen LogP contribution in [0.5, 0.6) is 0 Å². The summed E-state index contributed by atoms with van der Waals surface area (Å²) >= 11 is 0. The minimum Gasteiger partial charge on any atom is -0.345 e. The summed E-state index contributed by atoms with van der Waals surface area (Å²) in [7, 11) is 3.76. The fourth-order valence-electron chi connectivity index (χ4n) is 1.92. The van der Waals surface area contributed by atoms with E-state index in [2.05, 4.69) is 17.2 Å². The van der Waals surface area contributed by atoms with E-state index in [4.69, 9.17) is 0 Å². The third-order valence-corrected chi connectivity index (χ3v) is 3.15. The van der Waals surface area contributed by atoms with Crippen molar-refractivity contribution in [2.75, 3.05) is 27.2 Å². The molecule has 0 radical (unpaired) electrons. The molecule has 1 aromatic rings. The van der Waals surface area contributed by atoms with Crippen molar-refractivity contribution in [2.45, 2.75) is 19.8 Å². The molecule has 0 fully saturated rings. The number of hydrogen-bond donors (Lipinski definition) is 1. The Hall–Kier alpha value is -1.42. The molecule has 1 aromatic heterocycles. The van der Waals surface area contributed by atoms with Crippen molar-refractivity contribution in [1.82, 2.24) is 15.2 Å². The first kappa shape index (κ1) is 14.6. The van der Waals surface area contributed by atoms with Crippen LogP contribution < -0.4 is 5.32 Å². The summed E-state index contributed by atoms with van der Waals surface area (Å²) in [6, 6.07) is 3.98. The zero-order chi connectivity index (χ0) is 13.4. The number of carbonyl (C=O) groups is 1. The molecule has 1 N–H and O–H groups in total. The third kappa shape index (κ3) is 4.45. The van der Waals surface area contributed by atoms with Gasteiger partial charge in [0.1, 0.15) is 0 Å². The highest BCUT2D eigenvalue weighted by atomic mass is 16.2. The molecule has 1 amide bonds. The molecule has 1 heterocycles. The Balaban J connectivity index is 2.44. The average molecular weight is 249 g/mol. The maximum Gasteiger partial charge on any atom is 0.226 e. The predicted octanol–water partition coefficient (Wildman–Crippen LogP) is 1.33. The van der Waals surface area contributed by atoms with Crippen molar-refractivity contribution in [2.24, 2.45) is 5.92 Å². The monoisotopic (exact) mass is 249 g/mol. The number of carbonyl (C=O) groups excluding carboxylic acids is 1. The van der Waals surface area contributed by atoms with Crippen molar-refractivity contribution in [3.63, 3.8) is 0 Å². The van der Waals surface area contributed by atoms with Crippen LogP contribution in [0.15, 0.2) is 24.5 Å². The standard InChI is InChI=1S/C14H23N3O/c1-4-13(11-15-2)14(18)17(3)10-7-12-5-8-16-9-6-12/h5-6,8-9,13,15H,4,7,10-11H2,1-3H3. The molecule has 18 heavy (non-hydrogen) atoms. The molecule has 0 aliphatic rings. The molecule has 4 nitrogen and oxygen atoms in total. The van der Waals surface area contributed by atoms with Crippen molar-refractivity contribution in [3.8, 4) is 0 Å². The maximum absolute atomic E-state index is 12.2. The van der Waals surface area contributed by atoms with E-state index in [9.17, 15) is 4.79 Å². The van der Waals surface area contributed by atoms with E-state index in [0.717, 1.165) is 25.9 Å². The number of nitrogens with zero attached hydrogens (tertiary/aromatic N) is 2. The van der Waals surface area contributed by atoms with Crippen LogP contribution in [0.3, 0.4) is 0 Å². The molecule has 1 rings (SSSR count). The Bertz CT molecular complexity index is 353. The van der Waals surface area contributed by atoms with Gasteiger partial charge in [-0.1, -0.05) is 6.92 Å². The van der Waals surface area contributed by atoms with Gasteiger partial charge in [-0.2, -0.15) is 0 Å². The Kier molecular flexibility index (Phi) is 6.36. The van der Waals surface area contributed by atoms with Gasteiger partial charge in [0.2, 0.25) is 5.91 Å². The Morgan fingerprint density at radius 2 is 2.11 bits per heavy atom. The largest absolute Gasteiger partial charge is 0.345 e. The Labute approximate surface area is 109 Å². The maximum atomic E-state index is 12.2. The number of hydrogen-bond acceptors (Lipinski definition) is 3. The molecule has 1 unspecified atom stereocenters. The van der Waals surface area contributed by atoms with Crippen molar-refractivity contribution >= 4 is 5.91 Å². The number of rotatable bonds is 7. The lowest BCUT2D eigenvalue weighted by Crippen LogP contribution is -2.38. The molecule has 0 aliphatic heterocycles. The average Bonchev–Trinajstić information content (AvgIpc) is 2.42. The molecule has 100 valence electrons. The van der Waals surface area contributed by atoms with E-state index < -0.39 is 0 Å². The zero-order valence-electron chi connectivity index (χ0n) is 11.5. The molecule has 0 saturated carbocycles. The van der Waals surface area contributed by atoms with Gasteiger partial charge >= 0.3 is 0 Å². The SMILES string of the molecule is CCC(CNC)C(=O)N(C)CCc1ccncc1. The lowest BCUT2D eigenvalue weighted by molar-refractivity contribution is -0.134. The van der Waals surface area contributed by atoms with Gasteiger partial charge in [0.15, 0.2) is 0 Å². The van der Waals surface area contributed by atoms with Gasteiger partial charge in [-0.25, -0.2) is 0 Å². The third-order valence-electron chi connectivity index (χ3n) is 3.15. The first-order valence-electron chi connectivity index (χ1n) is 6.47. The molecule has 0 aromatic carbocycles. The van der Waals surface area contributed by atoms with Crippen LogP contribution in [-0.4, -0.2) is 43.0 Å². The number of likely N-dealkylation sites (N-methyl/N-ethyl adjacent to an activating group) is 1. The van der Waals surface area contributed by atoms with Crippen LogP contribution >= 0.6 is 0 Å². The summed E-state index contributed by atoms with van der Waals surface area (Å²) in [5.41, 5.74) is 1.21. The van der Waals surface area contributed by atoms with Crippen LogP contribution in [-0.2, 0) is 11.2 Å². The summed E-state index contributed by atoms with van der Waals surface area (Å²) < 4.78 is 0. The predicted molar refractivity (Wildman–Crippen MR) is 73.3 cm³/mol. The summed E-state index contributed by atoms with van der Waals surface area (Å²) in [4.78, 5) is 18.0. The van der Waals surface area contributed by atoms with Gasteiger partial charge in [0, 0.05) is 32.5 Å². The van der Waals surface area contributed by atoms with Crippen LogP contribution in [0.4, 0.5) is 0 Å². The second-order valence-electron chi connectivity index (χ2n) is 4.53. The topological polar surface area (TPSA) is 45.2 Å². The van der Waals surface area contributed by atoms with E-state index in [0.29, 0.717) is 0 Å². The van der Waals surface area contributed by atoms with Crippen LogP contribution in [0.25, 0.3) is 0 Å². The first-order chi connectivity index (χ1) is 8.69. The van der Waals surface area contributed by atoms with Crippen molar-refractivity contribution in [3.05, 3.63) is 30.1 Å². The lowest BCUT2D eigenvalue weighted by atomic mass is 10.0. The zero-order valence-corrected chi connectivity index (χ0v) is 11.5. The summed E-state index contributed by atoms with van der Waals surface area (Å²) in [5, 5.41) is 3.07. The normalized spacial score (nSPS) is 12.2. The van der Waals surface area contributed by atoms with E-state index in [1.54, 1.807) is 12.4 Å². The number of amides is 1. The summed E-state index contributed by atoms with van der Waals surface area (Å²) in [5.74, 6) is 0.304. The Morgan fingerprint density at radius 1 is 1.44 bits per heavy atom. The fraction of sp³-hybridized carbons (Fsp3) is 0.571. The van der Waals surface area contributed by atoms with Crippen molar-refractivity contribution in [1.29, 1.82) is 0 Å². The van der Waals surface area contributed by atoms with E-state index >= 15 is 0 Å². The first-order valence-corrected chi connectivity index (χ1v) is 6.47. The van der Waals surface area contributed by atoms with Gasteiger partial charge in [0.05, 0.1) is 5.92 Å². The minimum absolute atomic E-state index is 0.0810. The van der Waals surface area contributed by atoms with Crippen molar-refractivity contribution < 1.29 is 4.79 Å². The smallest absolute Gasteiger partial charge is 0.226 e. The number of nitrogens with one attached hydrogen (secondary N) is 1. The molecular formula is C14H23N3O. The second-order valence-corrected chi connectivity index (χ2v) is 4.53. The quantitative estimate of drug-likeness (QED) is 0.793. The molecule has 0 aliphatic carbocycles. The van der Waals surface area contributed by atoms with Gasteiger partial charge in [-0.15, -0.1) is 0 Å². The fourth-order valence-corrected chi connectivity index (χ4v) is 1.92. The highest BCUT2D eigenvalue weighted by Crippen LogP contribution is 2.07. The highest BCUT2D eigenvalue weighted by molar-refractivity contribution is 5.78. The molecule has 0 spiro atoms. The summed E-state index contributed by atoms with van der Waals surface area (Å²) in [6.45, 7) is 3.55. The van der Waals surface area contributed by atoms with Crippen LogP contribution in [0.2, 0.25) is 0 Å². The van der Waals surface area contributed by atoms with Crippen LogP contribution in [0.1, 0.15) is 18.9 Å². The number of pyridine rings is 1. The highest BCUT2D eigenvalue weighted by Gasteiger charge is 2.19. The minimum atomic E-state index is 0.0810. The summed E-state index contributed by atoms with van der Waals surface area (Å²) in [6.07, 6.45) is 5.32. The molecular weight excluding hydrogens is 226 g/mol. The van der Waals surface area contributed by atoms with Gasteiger partial charge in [-0.3, -0.25) is 9.78 Å². The number of aromatic nitrogens is 1. The van der Waals surface area contributed by atoms with Gasteiger partial charge in [-0.05, 0) is 37.6 Å². The van der Waals surface area contributed by atoms with Gasteiger partial charge in [0.25, 0.3) is 0 Å². The molecule has 0 bridgehead atoms. The Morgan fingerprint density at radius 3 is 2.67 bits per heavy atom. The molecule has 0 saturated heterocycles. The van der Waals surface area contributed by atoms with E-state index in [-0.39, 0.29) is 11.8 Å². The lowest BCUT2D eigenvalue weighted by Gasteiger charge is -2.23. The molecule has 4 heteroatoms. The van der Waals surface area contributed by atoms with Gasteiger partial charge < -0.3 is 10.2 Å². The van der Waals surface area contributed by atoms with E-state index in [1.807, 2.05) is 31.1 Å². The van der Waals surface area contributed by atoms with E-state index in [1.165, 1.54) is 5.56 Å².